The van der Waals surface area contributed by atoms with Crippen molar-refractivity contribution < 1.29 is 0 Å². The van der Waals surface area contributed by atoms with E-state index < -0.39 is 0 Å². The van der Waals surface area contributed by atoms with E-state index in [1.807, 2.05) is 6.08 Å². The largest absolute Gasteiger partial charge is 0.103 e. The summed E-state index contributed by atoms with van der Waals surface area (Å²) in [5.74, 6) is 0.833. The molecule has 0 nitrogen and oxygen atoms in total. The third-order valence-corrected chi connectivity index (χ3v) is 1.76. The summed E-state index contributed by atoms with van der Waals surface area (Å²) in [5, 5.41) is 0. The first-order chi connectivity index (χ1) is 7.06. The zero-order chi connectivity index (χ0) is 11.7. The van der Waals surface area contributed by atoms with Crippen LogP contribution in [0.3, 0.4) is 0 Å². The van der Waals surface area contributed by atoms with Crippen molar-refractivity contribution in [2.24, 2.45) is 5.92 Å². The molecule has 0 heteroatoms. The van der Waals surface area contributed by atoms with E-state index in [0.29, 0.717) is 0 Å². The number of rotatable bonds is 3. The summed E-state index contributed by atoms with van der Waals surface area (Å²) in [7, 11) is 0. The maximum Gasteiger partial charge on any atom is -0.0244 e. The molecule has 0 fully saturated rings. The first-order valence-corrected chi connectivity index (χ1v) is 5.72. The fourth-order valence-corrected chi connectivity index (χ4v) is 1.02. The van der Waals surface area contributed by atoms with E-state index in [1.165, 1.54) is 11.1 Å². The van der Waals surface area contributed by atoms with E-state index in [4.69, 9.17) is 0 Å². The highest BCUT2D eigenvalue weighted by Crippen LogP contribution is 2.05. The molecule has 0 radical (unpaired) electrons. The standard InChI is InChI=1S/C11H14.C4H10/c1-3-4-5-11-8-6-10(2)7-9-11;1-4(2)3/h3,6-9H,1,4-5H2,2H3;4H,1-3H3. The van der Waals surface area contributed by atoms with Crippen LogP contribution in [0.15, 0.2) is 36.9 Å². The summed E-state index contributed by atoms with van der Waals surface area (Å²) in [4.78, 5) is 0. The molecule has 0 unspecified atom stereocenters. The van der Waals surface area contributed by atoms with Crippen molar-refractivity contribution in [1.29, 1.82) is 0 Å². The van der Waals surface area contributed by atoms with Gasteiger partial charge in [0.2, 0.25) is 0 Å². The lowest BCUT2D eigenvalue weighted by atomic mass is 10.1. The Kier molecular flexibility index (Phi) is 7.71. The molecule has 0 spiro atoms. The van der Waals surface area contributed by atoms with Gasteiger partial charge in [-0.25, -0.2) is 0 Å². The average molecular weight is 204 g/mol. The summed E-state index contributed by atoms with van der Waals surface area (Å²) in [6, 6.07) is 8.66. The first-order valence-electron chi connectivity index (χ1n) is 5.72. The van der Waals surface area contributed by atoms with Gasteiger partial charge in [0.25, 0.3) is 0 Å². The van der Waals surface area contributed by atoms with Crippen LogP contribution < -0.4 is 0 Å². The van der Waals surface area contributed by atoms with Crippen LogP contribution in [0.2, 0.25) is 0 Å². The van der Waals surface area contributed by atoms with Crippen molar-refractivity contribution >= 4 is 0 Å². The van der Waals surface area contributed by atoms with Gasteiger partial charge in [-0.2, -0.15) is 0 Å². The average Bonchev–Trinajstić information content (AvgIpc) is 2.16. The van der Waals surface area contributed by atoms with Crippen molar-refractivity contribution in [2.75, 3.05) is 0 Å². The number of hydrogen-bond acceptors (Lipinski definition) is 0. The molecule has 0 aliphatic heterocycles. The fraction of sp³-hybridized carbons (Fsp3) is 0.467. The van der Waals surface area contributed by atoms with Crippen molar-refractivity contribution in [3.63, 3.8) is 0 Å². The molecule has 0 aromatic heterocycles. The monoisotopic (exact) mass is 204 g/mol. The van der Waals surface area contributed by atoms with E-state index in [2.05, 4.69) is 58.5 Å². The molecule has 0 aliphatic rings. The van der Waals surface area contributed by atoms with Gasteiger partial charge < -0.3 is 0 Å². The quantitative estimate of drug-likeness (QED) is 0.622. The fourth-order valence-electron chi connectivity index (χ4n) is 1.02. The van der Waals surface area contributed by atoms with Gasteiger partial charge in [0.15, 0.2) is 0 Å². The van der Waals surface area contributed by atoms with Gasteiger partial charge in [-0.15, -0.1) is 6.58 Å². The molecule has 0 amide bonds. The highest BCUT2D eigenvalue weighted by molar-refractivity contribution is 5.21. The smallest absolute Gasteiger partial charge is 0.0244 e. The lowest BCUT2D eigenvalue weighted by Gasteiger charge is -1.97. The highest BCUT2D eigenvalue weighted by atomic mass is 13.9. The van der Waals surface area contributed by atoms with E-state index >= 15 is 0 Å². The zero-order valence-electron chi connectivity index (χ0n) is 10.6. The van der Waals surface area contributed by atoms with Gasteiger partial charge in [0, 0.05) is 0 Å². The Balaban J connectivity index is 0.000000423. The Morgan fingerprint density at radius 1 is 1.13 bits per heavy atom. The third kappa shape index (κ3) is 9.27. The van der Waals surface area contributed by atoms with Crippen LogP contribution in [0.25, 0.3) is 0 Å². The number of hydrogen-bond donors (Lipinski definition) is 0. The van der Waals surface area contributed by atoms with Crippen LogP contribution in [0.5, 0.6) is 0 Å². The van der Waals surface area contributed by atoms with Crippen LogP contribution in [-0.4, -0.2) is 0 Å². The second-order valence-electron chi connectivity index (χ2n) is 4.54. The Bertz CT molecular complexity index is 251. The molecule has 1 aromatic carbocycles. The van der Waals surface area contributed by atoms with Gasteiger partial charge >= 0.3 is 0 Å². The molecule has 15 heavy (non-hydrogen) atoms. The third-order valence-electron chi connectivity index (χ3n) is 1.76. The van der Waals surface area contributed by atoms with E-state index in [9.17, 15) is 0 Å². The van der Waals surface area contributed by atoms with Crippen molar-refractivity contribution in [3.05, 3.63) is 48.0 Å². The summed E-state index contributed by atoms with van der Waals surface area (Å²) < 4.78 is 0. The maximum atomic E-state index is 3.69. The highest BCUT2D eigenvalue weighted by Gasteiger charge is 1.88. The Labute approximate surface area is 95.0 Å². The van der Waals surface area contributed by atoms with Gasteiger partial charge in [0.1, 0.15) is 0 Å². The normalized spacial score (nSPS) is 9.40. The lowest BCUT2D eigenvalue weighted by molar-refractivity contribution is 0.737. The van der Waals surface area contributed by atoms with Gasteiger partial charge in [-0.05, 0) is 31.2 Å². The summed E-state index contributed by atoms with van der Waals surface area (Å²) >= 11 is 0. The van der Waals surface area contributed by atoms with E-state index in [-0.39, 0.29) is 0 Å². The molecule has 0 aliphatic carbocycles. The first kappa shape index (κ1) is 14.0. The minimum atomic E-state index is 0.833. The Hall–Kier alpha value is -1.04. The topological polar surface area (TPSA) is 0 Å². The lowest BCUT2D eigenvalue weighted by Crippen LogP contribution is -1.82. The van der Waals surface area contributed by atoms with E-state index in [1.54, 1.807) is 0 Å². The maximum absolute atomic E-state index is 3.69. The van der Waals surface area contributed by atoms with Crippen molar-refractivity contribution in [1.82, 2.24) is 0 Å². The van der Waals surface area contributed by atoms with Gasteiger partial charge in [0.05, 0.1) is 0 Å². The van der Waals surface area contributed by atoms with Gasteiger partial charge in [-0.1, -0.05) is 56.7 Å². The summed E-state index contributed by atoms with van der Waals surface area (Å²) in [6.45, 7) is 12.3. The molecule has 0 N–H and O–H groups in total. The van der Waals surface area contributed by atoms with Crippen LogP contribution in [0, 0.1) is 12.8 Å². The predicted molar refractivity (Wildman–Crippen MR) is 70.2 cm³/mol. The van der Waals surface area contributed by atoms with Crippen molar-refractivity contribution in [2.45, 2.75) is 40.5 Å². The Morgan fingerprint density at radius 3 is 2.00 bits per heavy atom. The molecule has 0 saturated carbocycles. The zero-order valence-corrected chi connectivity index (χ0v) is 10.6. The molecule has 0 saturated heterocycles. The van der Waals surface area contributed by atoms with Gasteiger partial charge in [-0.3, -0.25) is 0 Å². The Morgan fingerprint density at radius 2 is 1.60 bits per heavy atom. The SMILES string of the molecule is C=CCCc1ccc(C)cc1.CC(C)C. The second kappa shape index (κ2) is 8.28. The molecular formula is C15H24. The minimum Gasteiger partial charge on any atom is -0.103 e. The summed E-state index contributed by atoms with van der Waals surface area (Å²) in [5.41, 5.74) is 2.72. The molecule has 1 aromatic rings. The van der Waals surface area contributed by atoms with Crippen LogP contribution in [0.4, 0.5) is 0 Å². The number of benzene rings is 1. The van der Waals surface area contributed by atoms with E-state index in [0.717, 1.165) is 18.8 Å². The minimum absolute atomic E-state index is 0.833. The molecule has 1 rings (SSSR count). The molecule has 84 valence electrons. The van der Waals surface area contributed by atoms with Crippen LogP contribution in [0.1, 0.15) is 38.3 Å². The predicted octanol–water partition coefficient (Wildman–Crippen LogP) is 4.78. The molecular weight excluding hydrogens is 180 g/mol. The molecule has 0 atom stereocenters. The molecule has 0 bridgehead atoms. The number of aryl methyl sites for hydroxylation is 2. The van der Waals surface area contributed by atoms with Crippen LogP contribution >= 0.6 is 0 Å². The number of allylic oxidation sites excluding steroid dienone is 1. The summed E-state index contributed by atoms with van der Waals surface area (Å²) in [6.07, 6.45) is 4.15. The second-order valence-corrected chi connectivity index (χ2v) is 4.54. The van der Waals surface area contributed by atoms with Crippen LogP contribution in [-0.2, 0) is 6.42 Å². The van der Waals surface area contributed by atoms with Crippen molar-refractivity contribution in [3.8, 4) is 0 Å². The molecule has 0 heterocycles.